The molecule has 0 spiro atoms. The van der Waals surface area contributed by atoms with Crippen molar-refractivity contribution in [3.05, 3.63) is 222 Å². The van der Waals surface area contributed by atoms with Gasteiger partial charge in [-0.3, -0.25) is 0 Å². The smallest absolute Gasteiger partial charge is 0.143 e. The van der Waals surface area contributed by atoms with Crippen LogP contribution in [0.4, 0.5) is 17.1 Å². The van der Waals surface area contributed by atoms with E-state index in [2.05, 4.69) is 199 Å². The van der Waals surface area contributed by atoms with E-state index in [4.69, 9.17) is 4.42 Å². The minimum Gasteiger partial charge on any atom is -0.455 e. The van der Waals surface area contributed by atoms with E-state index in [1.54, 1.807) is 0 Å². The van der Waals surface area contributed by atoms with Crippen LogP contribution < -0.4 is 4.90 Å². The van der Waals surface area contributed by atoms with Crippen LogP contribution in [0.15, 0.2) is 205 Å². The predicted molar refractivity (Wildman–Crippen MR) is 221 cm³/mol. The zero-order valence-electron chi connectivity index (χ0n) is 28.9. The van der Waals surface area contributed by atoms with Gasteiger partial charge in [-0.1, -0.05) is 152 Å². The number of hydrogen-bond acceptors (Lipinski definition) is 2. The minimum atomic E-state index is -0.479. The summed E-state index contributed by atoms with van der Waals surface area (Å²) < 4.78 is 6.54. The zero-order valence-corrected chi connectivity index (χ0v) is 28.9. The molecule has 0 bridgehead atoms. The first-order chi connectivity index (χ1) is 26.3. The van der Waals surface area contributed by atoms with Gasteiger partial charge in [-0.25, -0.2) is 0 Å². The van der Waals surface area contributed by atoms with Gasteiger partial charge in [0.25, 0.3) is 0 Å². The van der Waals surface area contributed by atoms with E-state index in [-0.39, 0.29) is 0 Å². The first kappa shape index (κ1) is 29.8. The fourth-order valence-corrected chi connectivity index (χ4v) is 9.07. The van der Waals surface area contributed by atoms with E-state index in [1.807, 2.05) is 6.07 Å². The van der Waals surface area contributed by atoms with Crippen molar-refractivity contribution in [1.29, 1.82) is 0 Å². The Kier molecular flexibility index (Phi) is 6.50. The van der Waals surface area contributed by atoms with E-state index in [0.717, 1.165) is 44.4 Å². The van der Waals surface area contributed by atoms with Crippen LogP contribution in [0.5, 0.6) is 0 Å². The zero-order chi connectivity index (χ0) is 34.9. The second-order valence-electron chi connectivity index (χ2n) is 14.0. The second kappa shape index (κ2) is 11.6. The van der Waals surface area contributed by atoms with Crippen LogP contribution >= 0.6 is 0 Å². The molecule has 1 aliphatic rings. The van der Waals surface area contributed by atoms with Crippen molar-refractivity contribution in [1.82, 2.24) is 0 Å². The SMILES string of the molecule is c1ccc(N(c2cccc(C3(c4ccccc4)c4ccccc4-c4ccccc43)c2)c2ccc3c(ccc4ccc5c6ccccc6oc5c43)c2)cc1. The fraction of sp³-hybridized carbons (Fsp3) is 0.0196. The molecule has 0 unspecified atom stereocenters. The van der Waals surface area contributed by atoms with Gasteiger partial charge in [-0.2, -0.15) is 0 Å². The van der Waals surface area contributed by atoms with Gasteiger partial charge in [0.15, 0.2) is 0 Å². The standard InChI is InChI=1S/C51H33NO/c1-3-14-36(15-4-1)51(46-23-10-7-20-42(46)43-21-8-11-24-47(43)51)37-16-13-19-39(33-37)52(38-17-5-2-6-18-38)40-29-31-41-35(32-40)27-26-34-28-30-45-44-22-9-12-25-48(44)53-50(45)49(34)41/h1-33H. The Labute approximate surface area is 307 Å². The summed E-state index contributed by atoms with van der Waals surface area (Å²) in [4.78, 5) is 2.39. The lowest BCUT2D eigenvalue weighted by molar-refractivity contribution is 0.673. The molecule has 0 fully saturated rings. The molecule has 248 valence electrons. The van der Waals surface area contributed by atoms with Gasteiger partial charge in [0.2, 0.25) is 0 Å². The van der Waals surface area contributed by atoms with Crippen LogP contribution in [0.3, 0.4) is 0 Å². The number of anilines is 3. The molecule has 0 atom stereocenters. The number of rotatable bonds is 5. The molecule has 0 aliphatic heterocycles. The van der Waals surface area contributed by atoms with E-state index in [0.29, 0.717) is 0 Å². The average Bonchev–Trinajstić information content (AvgIpc) is 3.76. The third-order valence-electron chi connectivity index (χ3n) is 11.3. The lowest BCUT2D eigenvalue weighted by atomic mass is 9.67. The molecular weight excluding hydrogens is 643 g/mol. The summed E-state index contributed by atoms with van der Waals surface area (Å²) in [7, 11) is 0. The number of hydrogen-bond donors (Lipinski definition) is 0. The van der Waals surface area contributed by atoms with Crippen molar-refractivity contribution in [2.45, 2.75) is 5.41 Å². The number of para-hydroxylation sites is 2. The number of benzene rings is 9. The van der Waals surface area contributed by atoms with Crippen molar-refractivity contribution < 1.29 is 4.42 Å². The van der Waals surface area contributed by atoms with Crippen LogP contribution in [0.2, 0.25) is 0 Å². The van der Waals surface area contributed by atoms with Crippen LogP contribution in [-0.4, -0.2) is 0 Å². The molecule has 1 aromatic heterocycles. The summed E-state index contributed by atoms with van der Waals surface area (Å²) >= 11 is 0. The molecular formula is C51H33NO. The highest BCUT2D eigenvalue weighted by Gasteiger charge is 2.46. The maximum Gasteiger partial charge on any atom is 0.143 e. The lowest BCUT2D eigenvalue weighted by Gasteiger charge is -2.35. The van der Waals surface area contributed by atoms with Gasteiger partial charge in [0.1, 0.15) is 11.2 Å². The Morgan fingerprint density at radius 1 is 0.377 bits per heavy atom. The monoisotopic (exact) mass is 675 g/mol. The van der Waals surface area contributed by atoms with Crippen molar-refractivity contribution in [3.8, 4) is 11.1 Å². The van der Waals surface area contributed by atoms with Crippen LogP contribution in [0.25, 0.3) is 54.6 Å². The van der Waals surface area contributed by atoms with Gasteiger partial charge in [-0.15, -0.1) is 0 Å². The fourth-order valence-electron chi connectivity index (χ4n) is 9.07. The summed E-state index contributed by atoms with van der Waals surface area (Å²) in [5, 5.41) is 6.97. The van der Waals surface area contributed by atoms with E-state index < -0.39 is 5.41 Å². The Bertz CT molecular complexity index is 2970. The van der Waals surface area contributed by atoms with E-state index in [1.165, 1.54) is 49.5 Å². The predicted octanol–water partition coefficient (Wildman–Crippen LogP) is 13.7. The first-order valence-electron chi connectivity index (χ1n) is 18.3. The molecule has 2 heteroatoms. The quantitative estimate of drug-likeness (QED) is 0.169. The molecule has 1 heterocycles. The van der Waals surface area contributed by atoms with Crippen LogP contribution in [-0.2, 0) is 5.41 Å². The number of fused-ring (bicyclic) bond motifs is 10. The van der Waals surface area contributed by atoms with Crippen molar-refractivity contribution >= 4 is 60.5 Å². The Morgan fingerprint density at radius 2 is 0.962 bits per heavy atom. The summed E-state index contributed by atoms with van der Waals surface area (Å²) in [5.41, 5.74) is 12.4. The highest BCUT2D eigenvalue weighted by molar-refractivity contribution is 6.23. The molecule has 0 N–H and O–H groups in total. The van der Waals surface area contributed by atoms with Crippen molar-refractivity contribution in [2.75, 3.05) is 4.90 Å². The second-order valence-corrected chi connectivity index (χ2v) is 14.0. The molecule has 0 saturated carbocycles. The molecule has 0 saturated heterocycles. The van der Waals surface area contributed by atoms with Gasteiger partial charge in [0, 0.05) is 33.2 Å². The van der Waals surface area contributed by atoms with Gasteiger partial charge >= 0.3 is 0 Å². The Hall–Kier alpha value is -6.90. The largest absolute Gasteiger partial charge is 0.455 e. The number of nitrogens with zero attached hydrogens (tertiary/aromatic N) is 1. The van der Waals surface area contributed by atoms with Gasteiger partial charge in [-0.05, 0) is 98.1 Å². The Morgan fingerprint density at radius 3 is 1.75 bits per heavy atom. The third-order valence-corrected chi connectivity index (χ3v) is 11.3. The van der Waals surface area contributed by atoms with Gasteiger partial charge < -0.3 is 9.32 Å². The average molecular weight is 676 g/mol. The summed E-state index contributed by atoms with van der Waals surface area (Å²) in [5.74, 6) is 0. The topological polar surface area (TPSA) is 16.4 Å². The molecule has 0 amide bonds. The third kappa shape index (κ3) is 4.33. The first-order valence-corrected chi connectivity index (χ1v) is 18.3. The molecule has 0 radical (unpaired) electrons. The van der Waals surface area contributed by atoms with Crippen molar-refractivity contribution in [3.63, 3.8) is 0 Å². The maximum absolute atomic E-state index is 6.54. The minimum absolute atomic E-state index is 0.479. The van der Waals surface area contributed by atoms with Gasteiger partial charge in [0.05, 0.1) is 5.41 Å². The lowest BCUT2D eigenvalue weighted by Crippen LogP contribution is -2.28. The highest BCUT2D eigenvalue weighted by atomic mass is 16.3. The molecule has 53 heavy (non-hydrogen) atoms. The molecule has 1 aliphatic carbocycles. The molecule has 9 aromatic carbocycles. The Balaban J connectivity index is 1.14. The number of furan rings is 1. The summed E-state index contributed by atoms with van der Waals surface area (Å²) in [6.07, 6.45) is 0. The van der Waals surface area contributed by atoms with Crippen LogP contribution in [0, 0.1) is 0 Å². The molecule has 2 nitrogen and oxygen atoms in total. The summed E-state index contributed by atoms with van der Waals surface area (Å²) in [6, 6.07) is 72.8. The van der Waals surface area contributed by atoms with E-state index >= 15 is 0 Å². The van der Waals surface area contributed by atoms with E-state index in [9.17, 15) is 0 Å². The highest BCUT2D eigenvalue weighted by Crippen LogP contribution is 2.56. The normalized spacial score (nSPS) is 13.1. The van der Waals surface area contributed by atoms with Crippen molar-refractivity contribution in [2.24, 2.45) is 0 Å². The summed E-state index contributed by atoms with van der Waals surface area (Å²) in [6.45, 7) is 0. The maximum atomic E-state index is 6.54. The molecule has 11 rings (SSSR count). The van der Waals surface area contributed by atoms with Crippen LogP contribution in [0.1, 0.15) is 22.3 Å². The molecule has 10 aromatic rings.